The minimum atomic E-state index is 0.156. The minimum Gasteiger partial charge on any atom is -0.508 e. The maximum Gasteiger partial charge on any atom is 0.227 e. The predicted octanol–water partition coefficient (Wildman–Crippen LogP) is 8.41. The molecule has 2 aromatic heterocycles. The molecule has 0 unspecified atom stereocenters. The summed E-state index contributed by atoms with van der Waals surface area (Å²) in [7, 11) is 0. The lowest BCUT2D eigenvalue weighted by molar-refractivity contribution is 0.340. The third-order valence-corrected chi connectivity index (χ3v) is 7.21. The van der Waals surface area contributed by atoms with E-state index in [-0.39, 0.29) is 5.75 Å². The van der Waals surface area contributed by atoms with Crippen LogP contribution in [0.3, 0.4) is 0 Å². The lowest BCUT2D eigenvalue weighted by Crippen LogP contribution is -2.17. The van der Waals surface area contributed by atoms with Crippen LogP contribution in [0.1, 0.15) is 18.1 Å². The quantitative estimate of drug-likeness (QED) is 0.222. The highest BCUT2D eigenvalue weighted by Gasteiger charge is 2.32. The van der Waals surface area contributed by atoms with Crippen molar-refractivity contribution < 1.29 is 28.2 Å². The van der Waals surface area contributed by atoms with Gasteiger partial charge in [0.1, 0.15) is 23.0 Å². The summed E-state index contributed by atoms with van der Waals surface area (Å²) in [6, 6.07) is 25.7. The first-order chi connectivity index (χ1) is 20.7. The van der Waals surface area contributed by atoms with Gasteiger partial charge in [-0.2, -0.15) is 0 Å². The van der Waals surface area contributed by atoms with Gasteiger partial charge >= 0.3 is 0 Å². The van der Waals surface area contributed by atoms with E-state index in [0.717, 1.165) is 33.2 Å². The number of hydrogen-bond acceptors (Lipinski definition) is 8. The molecule has 2 aliphatic heterocycles. The normalized spacial score (nSPS) is 13.3. The topological polar surface area (TPSA) is 98.9 Å². The Hall–Kier alpha value is -5.76. The third kappa shape index (κ3) is 3.84. The van der Waals surface area contributed by atoms with Crippen LogP contribution in [0.25, 0.3) is 33.4 Å². The van der Waals surface area contributed by atoms with E-state index in [1.807, 2.05) is 67.6 Å². The number of benzene rings is 4. The number of aliphatic imine (C=N–C) groups is 2. The van der Waals surface area contributed by atoms with Crippen molar-refractivity contribution in [3.05, 3.63) is 109 Å². The summed E-state index contributed by atoms with van der Waals surface area (Å²) < 4.78 is 30.4. The molecule has 6 aromatic rings. The summed E-state index contributed by atoms with van der Waals surface area (Å²) in [6.45, 7) is 2.53. The van der Waals surface area contributed by atoms with E-state index in [9.17, 15) is 5.11 Å². The highest BCUT2D eigenvalue weighted by Crippen LogP contribution is 2.55. The van der Waals surface area contributed by atoms with Gasteiger partial charge in [-0.15, -0.1) is 0 Å². The average Bonchev–Trinajstić information content (AvgIpc) is 3.75. The number of furan rings is 2. The van der Waals surface area contributed by atoms with Crippen LogP contribution in [0.2, 0.25) is 0 Å². The molecular weight excluding hydrogens is 532 g/mol. The van der Waals surface area contributed by atoms with Crippen LogP contribution < -0.4 is 14.2 Å². The number of rotatable bonds is 6. The summed E-state index contributed by atoms with van der Waals surface area (Å²) in [4.78, 5) is 9.90. The van der Waals surface area contributed by atoms with Crippen molar-refractivity contribution in [3.8, 4) is 45.6 Å². The molecule has 2 aliphatic rings. The maximum atomic E-state index is 9.85. The summed E-state index contributed by atoms with van der Waals surface area (Å²) >= 11 is 0. The number of phenols is 1. The van der Waals surface area contributed by atoms with E-state index in [1.54, 1.807) is 36.8 Å². The van der Waals surface area contributed by atoms with Crippen molar-refractivity contribution in [2.75, 3.05) is 6.61 Å². The fourth-order valence-corrected chi connectivity index (χ4v) is 5.32. The number of nitrogens with zero attached hydrogens (tertiary/aromatic N) is 2. The Labute approximate surface area is 239 Å². The Morgan fingerprint density at radius 2 is 1.17 bits per heavy atom. The van der Waals surface area contributed by atoms with Gasteiger partial charge in [0.2, 0.25) is 11.8 Å². The SMILES string of the molecule is CCOc1ccc(C2=Nc3cc(-c4ccco4)c4c5c(cc(-c6ccco6)c(c35)O2)N=C(c2ccc(O)cc2)O4)cc1. The zero-order chi connectivity index (χ0) is 28.2. The van der Waals surface area contributed by atoms with E-state index in [1.165, 1.54) is 0 Å². The Balaban J connectivity index is 1.41. The molecule has 8 heteroatoms. The largest absolute Gasteiger partial charge is 0.508 e. The number of ether oxygens (including phenoxy) is 3. The van der Waals surface area contributed by atoms with Gasteiger partial charge < -0.3 is 28.2 Å². The minimum absolute atomic E-state index is 0.156. The predicted molar refractivity (Wildman–Crippen MR) is 159 cm³/mol. The van der Waals surface area contributed by atoms with E-state index in [2.05, 4.69) is 0 Å². The summed E-state index contributed by atoms with van der Waals surface area (Å²) in [6.07, 6.45) is 3.25. The Morgan fingerprint density at radius 3 is 1.62 bits per heavy atom. The molecule has 0 aliphatic carbocycles. The second-order valence-corrected chi connectivity index (χ2v) is 9.79. The molecule has 0 bridgehead atoms. The number of aromatic hydroxyl groups is 1. The zero-order valence-corrected chi connectivity index (χ0v) is 22.3. The standard InChI is InChI=1S/C34H22N2O6/c1-2-38-22-13-9-20(10-14-22)34-36-26-18-23(27-5-3-15-39-27)31-29-25(35-33(41-31)19-7-11-21(37)12-8-19)17-24(28-6-4-16-40-28)32(42-34)30(26)29/h3-18,37H,2H2,1H3. The van der Waals surface area contributed by atoms with Gasteiger partial charge in [0.25, 0.3) is 0 Å². The average molecular weight is 555 g/mol. The first-order valence-corrected chi connectivity index (χ1v) is 13.5. The van der Waals surface area contributed by atoms with Crippen LogP contribution in [-0.4, -0.2) is 23.5 Å². The van der Waals surface area contributed by atoms with Crippen LogP contribution in [0.5, 0.6) is 23.0 Å². The fourth-order valence-electron chi connectivity index (χ4n) is 5.32. The van der Waals surface area contributed by atoms with Crippen molar-refractivity contribution in [1.29, 1.82) is 0 Å². The van der Waals surface area contributed by atoms with Gasteiger partial charge in [0.05, 0.1) is 52.4 Å². The van der Waals surface area contributed by atoms with Crippen molar-refractivity contribution in [3.63, 3.8) is 0 Å². The first-order valence-electron chi connectivity index (χ1n) is 13.5. The fraction of sp³-hybridized carbons (Fsp3) is 0.0588. The molecule has 0 amide bonds. The van der Waals surface area contributed by atoms with E-state index >= 15 is 0 Å². The van der Waals surface area contributed by atoms with E-state index in [4.69, 9.17) is 33.0 Å². The molecule has 8 nitrogen and oxygen atoms in total. The van der Waals surface area contributed by atoms with E-state index < -0.39 is 0 Å². The zero-order valence-electron chi connectivity index (χ0n) is 22.3. The second-order valence-electron chi connectivity index (χ2n) is 9.79. The van der Waals surface area contributed by atoms with Crippen LogP contribution >= 0.6 is 0 Å². The molecule has 0 spiro atoms. The Bertz CT molecular complexity index is 2020. The molecule has 204 valence electrons. The van der Waals surface area contributed by atoms with E-state index in [0.29, 0.717) is 58.4 Å². The summed E-state index contributed by atoms with van der Waals surface area (Å²) in [5, 5.41) is 11.4. The lowest BCUT2D eigenvalue weighted by Gasteiger charge is -2.26. The molecule has 42 heavy (non-hydrogen) atoms. The first kappa shape index (κ1) is 24.1. The van der Waals surface area contributed by atoms with Crippen molar-refractivity contribution in [1.82, 2.24) is 0 Å². The molecule has 8 rings (SSSR count). The van der Waals surface area contributed by atoms with Crippen molar-refractivity contribution in [2.45, 2.75) is 6.92 Å². The highest BCUT2D eigenvalue weighted by molar-refractivity contribution is 6.20. The third-order valence-electron chi connectivity index (χ3n) is 7.21. The van der Waals surface area contributed by atoms with Gasteiger partial charge in [-0.1, -0.05) is 0 Å². The summed E-state index contributed by atoms with van der Waals surface area (Å²) in [5.74, 6) is 4.18. The molecule has 0 radical (unpaired) electrons. The number of phenolic OH excluding ortho intramolecular Hbond substituents is 1. The van der Waals surface area contributed by atoms with Crippen LogP contribution in [0.4, 0.5) is 11.4 Å². The molecule has 1 N–H and O–H groups in total. The maximum absolute atomic E-state index is 9.85. The molecule has 4 heterocycles. The highest BCUT2D eigenvalue weighted by atomic mass is 16.5. The van der Waals surface area contributed by atoms with Gasteiger partial charge in [-0.25, -0.2) is 9.98 Å². The van der Waals surface area contributed by atoms with Crippen LogP contribution in [0.15, 0.2) is 116 Å². The van der Waals surface area contributed by atoms with Gasteiger partial charge in [0.15, 0.2) is 11.5 Å². The summed E-state index contributed by atoms with van der Waals surface area (Å²) in [5.41, 5.74) is 4.32. The van der Waals surface area contributed by atoms with Crippen LogP contribution in [-0.2, 0) is 0 Å². The Kier molecular flexibility index (Phi) is 5.40. The molecule has 4 aromatic carbocycles. The second kappa shape index (κ2) is 9.42. The molecule has 0 saturated carbocycles. The van der Waals surface area contributed by atoms with Crippen LogP contribution in [0, 0.1) is 0 Å². The smallest absolute Gasteiger partial charge is 0.227 e. The van der Waals surface area contributed by atoms with Gasteiger partial charge in [-0.05, 0) is 91.9 Å². The molecule has 0 atom stereocenters. The Morgan fingerprint density at radius 1 is 0.667 bits per heavy atom. The van der Waals surface area contributed by atoms with Gasteiger partial charge in [0, 0.05) is 11.1 Å². The molecule has 0 fully saturated rings. The molecule has 0 saturated heterocycles. The van der Waals surface area contributed by atoms with Crippen molar-refractivity contribution in [2.24, 2.45) is 9.98 Å². The van der Waals surface area contributed by atoms with Crippen molar-refractivity contribution >= 4 is 33.9 Å². The molecular formula is C34H22N2O6. The lowest BCUT2D eigenvalue weighted by atomic mass is 9.94. The number of hydrogen-bond donors (Lipinski definition) is 1. The monoisotopic (exact) mass is 554 g/mol. The van der Waals surface area contributed by atoms with Gasteiger partial charge in [-0.3, -0.25) is 0 Å².